The third kappa shape index (κ3) is 7.22. The van der Waals surface area contributed by atoms with Crippen molar-refractivity contribution in [2.75, 3.05) is 6.54 Å². The minimum absolute atomic E-state index is 0.197. The van der Waals surface area contributed by atoms with E-state index in [4.69, 9.17) is 27.9 Å². The van der Waals surface area contributed by atoms with Crippen LogP contribution in [0, 0.1) is 5.92 Å². The molecule has 0 aliphatic rings. The summed E-state index contributed by atoms with van der Waals surface area (Å²) in [5.74, 6) is -1.04. The van der Waals surface area contributed by atoms with Crippen molar-refractivity contribution >= 4 is 41.0 Å². The molecule has 1 aromatic carbocycles. The van der Waals surface area contributed by atoms with Gasteiger partial charge in [-0.2, -0.15) is 0 Å². The van der Waals surface area contributed by atoms with E-state index in [1.165, 1.54) is 12.1 Å². The molecule has 26 heavy (non-hydrogen) atoms. The molecule has 0 spiro atoms. The number of alkyl carbamates (subject to hydrolysis) is 1. The lowest BCUT2D eigenvalue weighted by atomic mass is 10.0. The van der Waals surface area contributed by atoms with Crippen LogP contribution in [0.25, 0.3) is 0 Å². The lowest BCUT2D eigenvalue weighted by Gasteiger charge is -2.25. The van der Waals surface area contributed by atoms with Gasteiger partial charge in [-0.25, -0.2) is 4.79 Å². The largest absolute Gasteiger partial charge is 0.444 e. The molecule has 0 heterocycles. The molecule has 0 fully saturated rings. The summed E-state index contributed by atoms with van der Waals surface area (Å²) in [7, 11) is 0. The summed E-state index contributed by atoms with van der Waals surface area (Å²) < 4.78 is 5.16. The Hall–Kier alpha value is -1.79. The Bertz CT molecular complexity index is 684. The maximum Gasteiger partial charge on any atom is 0.408 e. The summed E-state index contributed by atoms with van der Waals surface area (Å²) in [5.41, 5.74) is -0.416. The lowest BCUT2D eigenvalue weighted by Crippen LogP contribution is -2.51. The van der Waals surface area contributed by atoms with Crippen LogP contribution in [-0.4, -0.2) is 36.0 Å². The zero-order valence-electron chi connectivity index (χ0n) is 15.5. The molecule has 0 aromatic heterocycles. The van der Waals surface area contributed by atoms with Crippen LogP contribution in [-0.2, 0) is 9.53 Å². The molecule has 0 radical (unpaired) electrons. The fourth-order valence-electron chi connectivity index (χ4n) is 2.06. The van der Waals surface area contributed by atoms with Crippen LogP contribution in [0.15, 0.2) is 18.2 Å². The van der Waals surface area contributed by atoms with E-state index in [2.05, 4.69) is 10.6 Å². The Labute approximate surface area is 163 Å². The van der Waals surface area contributed by atoms with Crippen LogP contribution in [0.3, 0.4) is 0 Å². The van der Waals surface area contributed by atoms with Crippen molar-refractivity contribution in [3.05, 3.63) is 33.8 Å². The van der Waals surface area contributed by atoms with Crippen molar-refractivity contribution in [2.24, 2.45) is 5.92 Å². The Morgan fingerprint density at radius 2 is 1.77 bits per heavy atom. The summed E-state index contributed by atoms with van der Waals surface area (Å²) >= 11 is 11.8. The van der Waals surface area contributed by atoms with E-state index in [1.807, 2.05) is 0 Å². The molecule has 8 heteroatoms. The average molecular weight is 403 g/mol. The number of rotatable bonds is 6. The summed E-state index contributed by atoms with van der Waals surface area (Å²) in [6.07, 6.45) is -0.696. The number of halogens is 2. The van der Waals surface area contributed by atoms with E-state index in [9.17, 15) is 14.4 Å². The first kappa shape index (κ1) is 22.3. The summed E-state index contributed by atoms with van der Waals surface area (Å²) in [4.78, 5) is 36.5. The molecular weight excluding hydrogens is 379 g/mol. The van der Waals surface area contributed by atoms with Gasteiger partial charge in [0.25, 0.3) is 0 Å². The Balaban J connectivity index is 2.70. The number of benzene rings is 1. The summed E-state index contributed by atoms with van der Waals surface area (Å²) in [5, 5.41) is 5.68. The van der Waals surface area contributed by atoms with Gasteiger partial charge < -0.3 is 15.4 Å². The molecule has 1 aromatic rings. The van der Waals surface area contributed by atoms with Gasteiger partial charge in [-0.1, -0.05) is 37.0 Å². The molecule has 0 aliphatic heterocycles. The third-order valence-electron chi connectivity index (χ3n) is 3.28. The van der Waals surface area contributed by atoms with Gasteiger partial charge in [-0.15, -0.1) is 0 Å². The fraction of sp³-hybridized carbons (Fsp3) is 0.500. The molecule has 0 aliphatic carbocycles. The SMILES string of the molecule is CC(C)C(NC(=O)OC(C)(C)C)C(=O)NCC(=O)c1ccc(Cl)cc1Cl. The van der Waals surface area contributed by atoms with Crippen molar-refractivity contribution in [3.8, 4) is 0 Å². The Morgan fingerprint density at radius 1 is 1.15 bits per heavy atom. The van der Waals surface area contributed by atoms with Crippen molar-refractivity contribution < 1.29 is 19.1 Å². The second kappa shape index (κ2) is 9.24. The van der Waals surface area contributed by atoms with E-state index in [1.54, 1.807) is 40.7 Å². The lowest BCUT2D eigenvalue weighted by molar-refractivity contribution is -0.124. The number of ketones is 1. The number of Topliss-reactive ketones (excluding diaryl/α,β-unsaturated/α-hetero) is 1. The standard InChI is InChI=1S/C18H24Cl2N2O4/c1-10(2)15(22-17(25)26-18(3,4)5)16(24)21-9-14(23)12-7-6-11(19)8-13(12)20/h6-8,10,15H,9H2,1-5H3,(H,21,24)(H,22,25). The molecule has 1 unspecified atom stereocenters. The smallest absolute Gasteiger partial charge is 0.408 e. The first-order valence-corrected chi connectivity index (χ1v) is 8.92. The van der Waals surface area contributed by atoms with Crippen molar-refractivity contribution in [1.82, 2.24) is 10.6 Å². The second-order valence-electron chi connectivity index (χ2n) is 7.13. The van der Waals surface area contributed by atoms with E-state index < -0.39 is 23.6 Å². The number of carbonyl (C=O) groups excluding carboxylic acids is 3. The molecule has 1 rings (SSSR count). The van der Waals surface area contributed by atoms with Gasteiger partial charge in [-0.05, 0) is 44.9 Å². The van der Waals surface area contributed by atoms with Crippen LogP contribution >= 0.6 is 23.2 Å². The topological polar surface area (TPSA) is 84.5 Å². The van der Waals surface area contributed by atoms with Gasteiger partial charge >= 0.3 is 6.09 Å². The molecule has 0 saturated carbocycles. The van der Waals surface area contributed by atoms with Gasteiger partial charge in [-0.3, -0.25) is 9.59 Å². The van der Waals surface area contributed by atoms with Crippen LogP contribution in [0.2, 0.25) is 10.0 Å². The van der Waals surface area contributed by atoms with Crippen LogP contribution in [0.5, 0.6) is 0 Å². The van der Waals surface area contributed by atoms with E-state index >= 15 is 0 Å². The first-order valence-electron chi connectivity index (χ1n) is 8.16. The number of hydrogen-bond donors (Lipinski definition) is 2. The van der Waals surface area contributed by atoms with Gasteiger partial charge in [0.2, 0.25) is 5.91 Å². The maximum atomic E-state index is 12.4. The van der Waals surface area contributed by atoms with Crippen LogP contribution in [0.4, 0.5) is 4.79 Å². The zero-order chi connectivity index (χ0) is 20.1. The van der Waals surface area contributed by atoms with Gasteiger partial charge in [0.05, 0.1) is 11.6 Å². The molecule has 6 nitrogen and oxygen atoms in total. The van der Waals surface area contributed by atoms with Crippen LogP contribution in [0.1, 0.15) is 45.0 Å². The summed E-state index contributed by atoms with van der Waals surface area (Å²) in [6, 6.07) is 3.67. The average Bonchev–Trinajstić information content (AvgIpc) is 2.48. The number of amides is 2. The molecule has 2 amide bonds. The molecule has 1 atom stereocenters. The van der Waals surface area contributed by atoms with E-state index in [-0.39, 0.29) is 28.8 Å². The zero-order valence-corrected chi connectivity index (χ0v) is 17.0. The van der Waals surface area contributed by atoms with E-state index in [0.717, 1.165) is 0 Å². The Kier molecular flexibility index (Phi) is 7.90. The minimum Gasteiger partial charge on any atom is -0.444 e. The fourth-order valence-corrected chi connectivity index (χ4v) is 2.57. The van der Waals surface area contributed by atoms with Crippen molar-refractivity contribution in [1.29, 1.82) is 0 Å². The highest BCUT2D eigenvalue weighted by Gasteiger charge is 2.27. The second-order valence-corrected chi connectivity index (χ2v) is 7.98. The van der Waals surface area contributed by atoms with Crippen molar-refractivity contribution in [3.63, 3.8) is 0 Å². The molecule has 2 N–H and O–H groups in total. The number of ether oxygens (including phenoxy) is 1. The highest BCUT2D eigenvalue weighted by Crippen LogP contribution is 2.21. The molecule has 0 saturated heterocycles. The molecule has 0 bridgehead atoms. The maximum absolute atomic E-state index is 12.4. The number of carbonyl (C=O) groups is 3. The van der Waals surface area contributed by atoms with Gasteiger partial charge in [0.15, 0.2) is 5.78 Å². The highest BCUT2D eigenvalue weighted by atomic mass is 35.5. The normalized spacial score (nSPS) is 12.5. The third-order valence-corrected chi connectivity index (χ3v) is 3.82. The first-order chi connectivity index (χ1) is 11.9. The predicted molar refractivity (Wildman–Crippen MR) is 102 cm³/mol. The molecule has 144 valence electrons. The minimum atomic E-state index is -0.835. The van der Waals surface area contributed by atoms with Crippen molar-refractivity contribution in [2.45, 2.75) is 46.3 Å². The molecular formula is C18H24Cl2N2O4. The number of hydrogen-bond acceptors (Lipinski definition) is 4. The predicted octanol–water partition coefficient (Wildman–Crippen LogP) is 3.84. The number of nitrogens with one attached hydrogen (secondary N) is 2. The monoisotopic (exact) mass is 402 g/mol. The summed E-state index contributed by atoms with van der Waals surface area (Å²) in [6.45, 7) is 8.49. The highest BCUT2D eigenvalue weighted by molar-refractivity contribution is 6.36. The Morgan fingerprint density at radius 3 is 2.27 bits per heavy atom. The van der Waals surface area contributed by atoms with Gasteiger partial charge in [0, 0.05) is 10.6 Å². The quantitative estimate of drug-likeness (QED) is 0.707. The van der Waals surface area contributed by atoms with Crippen LogP contribution < -0.4 is 10.6 Å². The van der Waals surface area contributed by atoms with Gasteiger partial charge in [0.1, 0.15) is 11.6 Å². The van der Waals surface area contributed by atoms with E-state index in [0.29, 0.717) is 5.02 Å².